The Morgan fingerprint density at radius 3 is 3.03 bits per heavy atom. The van der Waals surface area contributed by atoms with E-state index in [0.717, 1.165) is 48.3 Å². The van der Waals surface area contributed by atoms with E-state index in [2.05, 4.69) is 27.1 Å². The lowest BCUT2D eigenvalue weighted by Gasteiger charge is -2.26. The Kier molecular flexibility index (Phi) is 5.25. The molecule has 31 heavy (non-hydrogen) atoms. The number of rotatable bonds is 7. The molecule has 1 saturated heterocycles. The molecule has 2 atom stereocenters. The average Bonchev–Trinajstić information content (AvgIpc) is 3.49. The van der Waals surface area contributed by atoms with Gasteiger partial charge in [0, 0.05) is 36.8 Å². The van der Waals surface area contributed by atoms with Crippen LogP contribution in [0.2, 0.25) is 0 Å². The molecular formula is C23H27N5O3. The fourth-order valence-corrected chi connectivity index (χ4v) is 4.26. The van der Waals surface area contributed by atoms with Crippen molar-refractivity contribution < 1.29 is 13.9 Å². The standard InChI is InChI=1S/C23H27N5O3/c1-15(24)13-30-23-9-8-22-25-12-19(28(22)26-23)21-11-17-18(6-3-7-20(17)31-21)27-10-4-5-16(27)14-29-2/h3,6-9,11-12,15-16H,4-5,10,13-14,24H2,1-2H3. The van der Waals surface area contributed by atoms with Crippen LogP contribution in [0.5, 0.6) is 5.88 Å². The van der Waals surface area contributed by atoms with Crippen LogP contribution in [0, 0.1) is 0 Å². The third kappa shape index (κ3) is 3.73. The molecule has 0 spiro atoms. The summed E-state index contributed by atoms with van der Waals surface area (Å²) < 4.78 is 19.1. The van der Waals surface area contributed by atoms with Gasteiger partial charge in [0.25, 0.3) is 0 Å². The molecule has 1 aliphatic rings. The van der Waals surface area contributed by atoms with Gasteiger partial charge < -0.3 is 24.5 Å². The summed E-state index contributed by atoms with van der Waals surface area (Å²) in [6, 6.07) is 12.3. The third-order valence-corrected chi connectivity index (χ3v) is 5.67. The van der Waals surface area contributed by atoms with Gasteiger partial charge in [-0.15, -0.1) is 5.10 Å². The largest absolute Gasteiger partial charge is 0.475 e. The molecule has 4 aromatic rings. The number of benzene rings is 1. The molecule has 1 aromatic carbocycles. The van der Waals surface area contributed by atoms with Gasteiger partial charge in [0.2, 0.25) is 5.88 Å². The summed E-state index contributed by atoms with van der Waals surface area (Å²) >= 11 is 0. The van der Waals surface area contributed by atoms with Crippen molar-refractivity contribution >= 4 is 22.3 Å². The van der Waals surface area contributed by atoms with Crippen LogP contribution in [0.1, 0.15) is 19.8 Å². The van der Waals surface area contributed by atoms with Crippen molar-refractivity contribution in [1.29, 1.82) is 0 Å². The Labute approximate surface area is 180 Å². The minimum atomic E-state index is -0.0685. The maximum absolute atomic E-state index is 6.23. The highest BCUT2D eigenvalue weighted by Gasteiger charge is 2.27. The molecule has 162 valence electrons. The zero-order valence-electron chi connectivity index (χ0n) is 17.8. The van der Waals surface area contributed by atoms with Crippen molar-refractivity contribution in [2.24, 2.45) is 5.73 Å². The van der Waals surface area contributed by atoms with E-state index in [-0.39, 0.29) is 6.04 Å². The van der Waals surface area contributed by atoms with E-state index in [4.69, 9.17) is 19.6 Å². The molecule has 5 rings (SSSR count). The fourth-order valence-electron chi connectivity index (χ4n) is 4.26. The second-order valence-electron chi connectivity index (χ2n) is 8.12. The van der Waals surface area contributed by atoms with Gasteiger partial charge in [-0.05, 0) is 44.0 Å². The van der Waals surface area contributed by atoms with Crippen LogP contribution >= 0.6 is 0 Å². The first-order valence-corrected chi connectivity index (χ1v) is 10.7. The van der Waals surface area contributed by atoms with E-state index < -0.39 is 0 Å². The molecule has 0 amide bonds. The van der Waals surface area contributed by atoms with Gasteiger partial charge in [-0.1, -0.05) is 6.07 Å². The molecule has 1 aliphatic heterocycles. The van der Waals surface area contributed by atoms with Crippen molar-refractivity contribution in [2.45, 2.75) is 31.8 Å². The molecule has 3 aromatic heterocycles. The van der Waals surface area contributed by atoms with E-state index >= 15 is 0 Å². The minimum Gasteiger partial charge on any atom is -0.475 e. The Morgan fingerprint density at radius 1 is 1.29 bits per heavy atom. The molecule has 4 heterocycles. The molecule has 0 aliphatic carbocycles. The molecule has 1 fully saturated rings. The monoisotopic (exact) mass is 421 g/mol. The number of nitrogens with two attached hydrogens (primary N) is 1. The second-order valence-corrected chi connectivity index (χ2v) is 8.12. The van der Waals surface area contributed by atoms with Crippen molar-refractivity contribution in [3.63, 3.8) is 0 Å². The predicted molar refractivity (Wildman–Crippen MR) is 120 cm³/mol. The summed E-state index contributed by atoms with van der Waals surface area (Å²) in [4.78, 5) is 6.90. The number of methoxy groups -OCH3 is 1. The lowest BCUT2D eigenvalue weighted by Crippen LogP contribution is -2.32. The topological polar surface area (TPSA) is 91.0 Å². The van der Waals surface area contributed by atoms with E-state index in [1.54, 1.807) is 23.9 Å². The zero-order chi connectivity index (χ0) is 21.4. The molecule has 2 unspecified atom stereocenters. The lowest BCUT2D eigenvalue weighted by atomic mass is 10.1. The van der Waals surface area contributed by atoms with Crippen LogP contribution in [-0.2, 0) is 4.74 Å². The van der Waals surface area contributed by atoms with Crippen molar-refractivity contribution in [2.75, 3.05) is 31.8 Å². The number of furan rings is 1. The van der Waals surface area contributed by atoms with Gasteiger partial charge in [0.15, 0.2) is 11.4 Å². The molecule has 2 N–H and O–H groups in total. The fraction of sp³-hybridized carbons (Fsp3) is 0.391. The average molecular weight is 422 g/mol. The van der Waals surface area contributed by atoms with Gasteiger partial charge in [-0.2, -0.15) is 0 Å². The van der Waals surface area contributed by atoms with Crippen molar-refractivity contribution in [3.05, 3.63) is 42.6 Å². The number of ether oxygens (including phenoxy) is 2. The molecule has 0 saturated carbocycles. The smallest absolute Gasteiger partial charge is 0.231 e. The van der Waals surface area contributed by atoms with Crippen LogP contribution in [0.25, 0.3) is 28.1 Å². The van der Waals surface area contributed by atoms with E-state index in [9.17, 15) is 0 Å². The van der Waals surface area contributed by atoms with E-state index in [1.165, 1.54) is 5.69 Å². The first kappa shape index (κ1) is 19.8. The first-order chi connectivity index (χ1) is 15.1. The third-order valence-electron chi connectivity index (χ3n) is 5.67. The molecule has 0 radical (unpaired) electrons. The summed E-state index contributed by atoms with van der Waals surface area (Å²) in [6.45, 7) is 4.04. The van der Waals surface area contributed by atoms with E-state index in [1.807, 2.05) is 25.1 Å². The quantitative estimate of drug-likeness (QED) is 0.488. The number of hydrogen-bond acceptors (Lipinski definition) is 7. The number of anilines is 1. The van der Waals surface area contributed by atoms with Crippen LogP contribution in [-0.4, -0.2) is 53.6 Å². The number of hydrogen-bond donors (Lipinski definition) is 1. The molecule has 8 heteroatoms. The van der Waals surface area contributed by atoms with Gasteiger partial charge in [0.05, 0.1) is 18.8 Å². The molecular weight excluding hydrogens is 394 g/mol. The van der Waals surface area contributed by atoms with Crippen LogP contribution in [0.3, 0.4) is 0 Å². The summed E-state index contributed by atoms with van der Waals surface area (Å²) in [5.74, 6) is 1.22. The van der Waals surface area contributed by atoms with Gasteiger partial charge >= 0.3 is 0 Å². The zero-order valence-corrected chi connectivity index (χ0v) is 17.8. The Balaban J connectivity index is 1.54. The van der Waals surface area contributed by atoms with Crippen LogP contribution in [0.15, 0.2) is 47.0 Å². The summed E-state index contributed by atoms with van der Waals surface area (Å²) in [7, 11) is 1.76. The summed E-state index contributed by atoms with van der Waals surface area (Å²) in [5, 5.41) is 5.66. The Hall–Kier alpha value is -3.10. The lowest BCUT2D eigenvalue weighted by molar-refractivity contribution is 0.181. The van der Waals surface area contributed by atoms with Crippen molar-refractivity contribution in [1.82, 2.24) is 14.6 Å². The number of fused-ring (bicyclic) bond motifs is 2. The number of aromatic nitrogens is 3. The maximum Gasteiger partial charge on any atom is 0.231 e. The highest BCUT2D eigenvalue weighted by molar-refractivity contribution is 5.94. The highest BCUT2D eigenvalue weighted by Crippen LogP contribution is 2.37. The molecule has 0 bridgehead atoms. The second kappa shape index (κ2) is 8.20. The van der Waals surface area contributed by atoms with Gasteiger partial charge in [-0.25, -0.2) is 9.50 Å². The van der Waals surface area contributed by atoms with Crippen molar-refractivity contribution in [3.8, 4) is 17.3 Å². The normalized spacial score (nSPS) is 17.6. The SMILES string of the molecule is COCC1CCCN1c1cccc2oc(-c3cnc4ccc(OCC(C)N)nn34)cc12. The van der Waals surface area contributed by atoms with E-state index in [0.29, 0.717) is 24.3 Å². The number of nitrogens with zero attached hydrogens (tertiary/aromatic N) is 4. The summed E-state index contributed by atoms with van der Waals surface area (Å²) in [6.07, 6.45) is 4.07. The summed E-state index contributed by atoms with van der Waals surface area (Å²) in [5.41, 5.74) is 9.31. The Morgan fingerprint density at radius 2 is 2.19 bits per heavy atom. The predicted octanol–water partition coefficient (Wildman–Crippen LogP) is 3.48. The van der Waals surface area contributed by atoms with Crippen LogP contribution < -0.4 is 15.4 Å². The first-order valence-electron chi connectivity index (χ1n) is 10.7. The Bertz CT molecular complexity index is 1200. The van der Waals surface area contributed by atoms with Crippen LogP contribution in [0.4, 0.5) is 5.69 Å². The van der Waals surface area contributed by atoms with Gasteiger partial charge in [0.1, 0.15) is 17.9 Å². The molecule has 8 nitrogen and oxygen atoms in total. The minimum absolute atomic E-state index is 0.0685. The maximum atomic E-state index is 6.23. The van der Waals surface area contributed by atoms with Gasteiger partial charge in [-0.3, -0.25) is 0 Å². The number of imidazole rings is 1. The highest BCUT2D eigenvalue weighted by atomic mass is 16.5.